The van der Waals surface area contributed by atoms with Gasteiger partial charge in [-0.2, -0.15) is 0 Å². The maximum atomic E-state index is 12.4. The van der Waals surface area contributed by atoms with Crippen LogP contribution in [0.5, 0.6) is 0 Å². The first-order valence-electron chi connectivity index (χ1n) is 9.38. The number of piperazine rings is 1. The van der Waals surface area contributed by atoms with E-state index in [0.29, 0.717) is 39.0 Å². The minimum absolute atomic E-state index is 0.0248. The highest BCUT2D eigenvalue weighted by Crippen LogP contribution is 2.17. The highest BCUT2D eigenvalue weighted by Gasteiger charge is 2.27. The van der Waals surface area contributed by atoms with E-state index in [4.69, 9.17) is 5.11 Å². The molecule has 2 N–H and O–H groups in total. The predicted molar refractivity (Wildman–Crippen MR) is 101 cm³/mol. The molecule has 3 rings (SSSR count). The number of nitrogens with one attached hydrogen (secondary N) is 1. The number of rotatable bonds is 4. The molecule has 0 aromatic heterocycles. The van der Waals surface area contributed by atoms with Gasteiger partial charge in [0, 0.05) is 45.0 Å². The minimum atomic E-state index is -0.806. The number of likely N-dealkylation sites (tertiary alicyclic amines) is 1. The van der Waals surface area contributed by atoms with Crippen molar-refractivity contribution in [3.63, 3.8) is 0 Å². The van der Waals surface area contributed by atoms with E-state index in [-0.39, 0.29) is 24.4 Å². The van der Waals surface area contributed by atoms with Gasteiger partial charge in [0.15, 0.2) is 0 Å². The lowest BCUT2D eigenvalue weighted by atomic mass is 9.97. The Balaban J connectivity index is 1.39. The van der Waals surface area contributed by atoms with Gasteiger partial charge in [-0.3, -0.25) is 9.59 Å². The van der Waals surface area contributed by atoms with Gasteiger partial charge >= 0.3 is 12.0 Å². The van der Waals surface area contributed by atoms with E-state index in [1.165, 1.54) is 0 Å². The number of carboxylic acids is 1. The van der Waals surface area contributed by atoms with Gasteiger partial charge < -0.3 is 25.1 Å². The Bertz CT molecular complexity index is 666. The van der Waals surface area contributed by atoms with Crippen molar-refractivity contribution < 1.29 is 19.5 Å². The molecule has 0 bridgehead atoms. The van der Waals surface area contributed by atoms with Crippen molar-refractivity contribution in [2.75, 3.05) is 50.7 Å². The first-order valence-corrected chi connectivity index (χ1v) is 9.38. The van der Waals surface area contributed by atoms with Crippen molar-refractivity contribution in [3.8, 4) is 0 Å². The molecule has 0 atom stereocenters. The van der Waals surface area contributed by atoms with Crippen LogP contribution in [0.2, 0.25) is 0 Å². The molecule has 2 fully saturated rings. The van der Waals surface area contributed by atoms with Gasteiger partial charge in [0.1, 0.15) is 0 Å². The number of hydrogen-bond donors (Lipinski definition) is 2. The fraction of sp³-hybridized carbons (Fsp3) is 0.526. The summed E-state index contributed by atoms with van der Waals surface area (Å²) in [6.45, 7) is 3.60. The van der Waals surface area contributed by atoms with Crippen molar-refractivity contribution in [3.05, 3.63) is 30.3 Å². The summed E-state index contributed by atoms with van der Waals surface area (Å²) < 4.78 is 0. The van der Waals surface area contributed by atoms with Gasteiger partial charge in [-0.05, 0) is 25.0 Å². The second kappa shape index (κ2) is 8.75. The summed E-state index contributed by atoms with van der Waals surface area (Å²) in [5, 5.41) is 11.7. The van der Waals surface area contributed by atoms with Crippen molar-refractivity contribution in [1.82, 2.24) is 15.1 Å². The van der Waals surface area contributed by atoms with Gasteiger partial charge in [0.2, 0.25) is 5.91 Å². The lowest BCUT2D eigenvalue weighted by molar-refractivity contribution is -0.143. The second-order valence-corrected chi connectivity index (χ2v) is 6.96. The number of piperidine rings is 1. The standard InChI is InChI=1S/C19H26N4O4/c24-17(14-20-19(27)23-8-6-15(7-9-23)18(25)26)22-12-10-21(11-13-22)16-4-2-1-3-5-16/h1-5,15H,6-14H2,(H,20,27)(H,25,26). The first kappa shape index (κ1) is 19.0. The van der Waals surface area contributed by atoms with Crippen LogP contribution in [0.25, 0.3) is 0 Å². The molecule has 2 aliphatic rings. The Morgan fingerprint density at radius 3 is 2.15 bits per heavy atom. The van der Waals surface area contributed by atoms with E-state index in [2.05, 4.69) is 22.3 Å². The maximum absolute atomic E-state index is 12.4. The lowest BCUT2D eigenvalue weighted by Crippen LogP contribution is -2.53. The fourth-order valence-corrected chi connectivity index (χ4v) is 3.56. The summed E-state index contributed by atoms with van der Waals surface area (Å²) in [7, 11) is 0. The van der Waals surface area contributed by atoms with Crippen LogP contribution in [0.4, 0.5) is 10.5 Å². The number of hydrogen-bond acceptors (Lipinski definition) is 4. The molecule has 2 heterocycles. The van der Waals surface area contributed by atoms with Crippen molar-refractivity contribution >= 4 is 23.6 Å². The van der Waals surface area contributed by atoms with Gasteiger partial charge in [-0.15, -0.1) is 0 Å². The van der Waals surface area contributed by atoms with E-state index in [1.807, 2.05) is 18.2 Å². The molecule has 2 aliphatic heterocycles. The number of urea groups is 1. The Kier molecular flexibility index (Phi) is 6.16. The molecule has 0 radical (unpaired) electrons. The number of benzene rings is 1. The van der Waals surface area contributed by atoms with Crippen molar-refractivity contribution in [1.29, 1.82) is 0 Å². The summed E-state index contributed by atoms with van der Waals surface area (Å²) in [5.74, 6) is -1.27. The van der Waals surface area contributed by atoms with E-state index < -0.39 is 5.97 Å². The fourth-order valence-electron chi connectivity index (χ4n) is 3.56. The molecule has 0 spiro atoms. The molecule has 3 amide bonds. The summed E-state index contributed by atoms with van der Waals surface area (Å²) in [5.41, 5.74) is 1.16. The average molecular weight is 374 g/mol. The molecule has 8 nitrogen and oxygen atoms in total. The smallest absolute Gasteiger partial charge is 0.317 e. The number of amides is 3. The van der Waals surface area contributed by atoms with E-state index in [0.717, 1.165) is 18.8 Å². The Labute approximate surface area is 158 Å². The van der Waals surface area contributed by atoms with Crippen LogP contribution in [-0.2, 0) is 9.59 Å². The molecule has 0 saturated carbocycles. The van der Waals surface area contributed by atoms with E-state index in [9.17, 15) is 14.4 Å². The zero-order chi connectivity index (χ0) is 19.2. The maximum Gasteiger partial charge on any atom is 0.317 e. The van der Waals surface area contributed by atoms with Gasteiger partial charge in [-0.1, -0.05) is 18.2 Å². The molecular formula is C19H26N4O4. The van der Waals surface area contributed by atoms with Crippen LogP contribution in [0.15, 0.2) is 30.3 Å². The van der Waals surface area contributed by atoms with Gasteiger partial charge in [0.05, 0.1) is 12.5 Å². The first-order chi connectivity index (χ1) is 13.0. The largest absolute Gasteiger partial charge is 0.481 e. The highest BCUT2D eigenvalue weighted by atomic mass is 16.4. The normalized spacial score (nSPS) is 18.3. The number of para-hydroxylation sites is 1. The topological polar surface area (TPSA) is 93.2 Å². The molecule has 2 saturated heterocycles. The van der Waals surface area contributed by atoms with Crippen molar-refractivity contribution in [2.24, 2.45) is 5.92 Å². The molecule has 0 unspecified atom stereocenters. The molecule has 8 heteroatoms. The van der Waals surface area contributed by atoms with Gasteiger partial charge in [-0.25, -0.2) is 4.79 Å². The number of carboxylic acid groups (broad SMARTS) is 1. The average Bonchev–Trinajstić information content (AvgIpc) is 2.72. The number of carbonyl (C=O) groups excluding carboxylic acids is 2. The Hall–Kier alpha value is -2.77. The zero-order valence-electron chi connectivity index (χ0n) is 15.3. The molecular weight excluding hydrogens is 348 g/mol. The quantitative estimate of drug-likeness (QED) is 0.815. The highest BCUT2D eigenvalue weighted by molar-refractivity contribution is 5.84. The SMILES string of the molecule is O=C(O)C1CCN(C(=O)NCC(=O)N2CCN(c3ccccc3)CC2)CC1. The van der Waals surface area contributed by atoms with E-state index >= 15 is 0 Å². The third-order valence-electron chi connectivity index (χ3n) is 5.28. The third-order valence-corrected chi connectivity index (χ3v) is 5.28. The number of anilines is 1. The van der Waals surface area contributed by atoms with Crippen LogP contribution in [-0.4, -0.2) is 78.6 Å². The van der Waals surface area contributed by atoms with Crippen LogP contribution in [0, 0.1) is 5.92 Å². The molecule has 1 aromatic carbocycles. The molecule has 0 aliphatic carbocycles. The Morgan fingerprint density at radius 2 is 1.56 bits per heavy atom. The molecule has 1 aromatic rings. The molecule has 27 heavy (non-hydrogen) atoms. The van der Waals surface area contributed by atoms with Crippen LogP contribution in [0.1, 0.15) is 12.8 Å². The lowest BCUT2D eigenvalue weighted by Gasteiger charge is -2.36. The van der Waals surface area contributed by atoms with Crippen LogP contribution >= 0.6 is 0 Å². The summed E-state index contributed by atoms with van der Waals surface area (Å²) in [6, 6.07) is 9.81. The number of carbonyl (C=O) groups is 3. The monoisotopic (exact) mass is 374 g/mol. The minimum Gasteiger partial charge on any atom is -0.481 e. The van der Waals surface area contributed by atoms with E-state index in [1.54, 1.807) is 9.80 Å². The van der Waals surface area contributed by atoms with Crippen LogP contribution < -0.4 is 10.2 Å². The number of nitrogens with zero attached hydrogens (tertiary/aromatic N) is 3. The predicted octanol–water partition coefficient (Wildman–Crippen LogP) is 0.841. The Morgan fingerprint density at radius 1 is 0.926 bits per heavy atom. The third kappa shape index (κ3) is 4.90. The summed E-state index contributed by atoms with van der Waals surface area (Å²) in [6.07, 6.45) is 0.913. The summed E-state index contributed by atoms with van der Waals surface area (Å²) in [4.78, 5) is 41.1. The number of aliphatic carboxylic acids is 1. The summed E-state index contributed by atoms with van der Waals surface area (Å²) >= 11 is 0. The van der Waals surface area contributed by atoms with Crippen LogP contribution in [0.3, 0.4) is 0 Å². The molecule has 146 valence electrons. The second-order valence-electron chi connectivity index (χ2n) is 6.96. The van der Waals surface area contributed by atoms with Gasteiger partial charge in [0.25, 0.3) is 0 Å². The zero-order valence-corrected chi connectivity index (χ0v) is 15.3. The van der Waals surface area contributed by atoms with Crippen molar-refractivity contribution in [2.45, 2.75) is 12.8 Å².